The molecule has 148 valence electrons. The molecule has 2 heterocycles. The summed E-state index contributed by atoms with van der Waals surface area (Å²) in [6.45, 7) is 2.00. The summed E-state index contributed by atoms with van der Waals surface area (Å²) in [6, 6.07) is 3.50. The Bertz CT molecular complexity index is 929. The van der Waals surface area contributed by atoms with Gasteiger partial charge in [-0.1, -0.05) is 5.16 Å². The van der Waals surface area contributed by atoms with Crippen LogP contribution in [0.3, 0.4) is 0 Å². The van der Waals surface area contributed by atoms with Gasteiger partial charge in [-0.2, -0.15) is 22.5 Å². The van der Waals surface area contributed by atoms with Gasteiger partial charge in [0, 0.05) is 12.6 Å². The number of aromatic nitrogens is 2. The number of nitrogens with zero attached hydrogens (tertiary/aromatic N) is 3. The molecule has 3 rings (SSSR count). The first-order chi connectivity index (χ1) is 12.6. The van der Waals surface area contributed by atoms with Crippen LogP contribution in [0.5, 0.6) is 5.75 Å². The van der Waals surface area contributed by atoms with Crippen molar-refractivity contribution in [3.8, 4) is 17.1 Å². The fourth-order valence-corrected chi connectivity index (χ4v) is 3.76. The summed E-state index contributed by atoms with van der Waals surface area (Å²) in [7, 11) is -3.32. The van der Waals surface area contributed by atoms with Crippen molar-refractivity contribution < 1.29 is 35.2 Å². The van der Waals surface area contributed by atoms with E-state index in [9.17, 15) is 26.0 Å². The standard InChI is InChI=1S/C15H15F4N3O4S/c1-2-27(23,24)22-6-5-10(8-22)25-9-3-4-11(12(16)7-9)13-20-14(26-21-13)15(17,18)19/h3-4,7,10H,2,5-6,8H2,1H3/t10-/m0/s1. The molecule has 1 aromatic carbocycles. The Hall–Kier alpha value is -2.21. The van der Waals surface area contributed by atoms with Crippen molar-refractivity contribution in [1.82, 2.24) is 14.4 Å². The molecule has 1 aliphatic rings. The number of halogens is 4. The van der Waals surface area contributed by atoms with Crippen molar-refractivity contribution in [2.24, 2.45) is 0 Å². The zero-order chi connectivity index (χ0) is 19.8. The molecule has 1 aliphatic heterocycles. The minimum Gasteiger partial charge on any atom is -0.489 e. The Labute approximate surface area is 152 Å². The van der Waals surface area contributed by atoms with E-state index in [0.717, 1.165) is 6.07 Å². The van der Waals surface area contributed by atoms with Crippen molar-refractivity contribution in [1.29, 1.82) is 0 Å². The molecule has 7 nitrogen and oxygen atoms in total. The van der Waals surface area contributed by atoms with Crippen molar-refractivity contribution in [2.45, 2.75) is 25.6 Å². The predicted octanol–water partition coefficient (Wildman–Crippen LogP) is 2.70. The van der Waals surface area contributed by atoms with Gasteiger partial charge >= 0.3 is 12.1 Å². The molecule has 1 saturated heterocycles. The molecule has 1 atom stereocenters. The van der Waals surface area contributed by atoms with Gasteiger partial charge in [-0.3, -0.25) is 0 Å². The lowest BCUT2D eigenvalue weighted by Crippen LogP contribution is -2.32. The van der Waals surface area contributed by atoms with Gasteiger partial charge in [-0.25, -0.2) is 12.8 Å². The van der Waals surface area contributed by atoms with Crippen LogP contribution in [0, 0.1) is 5.82 Å². The third-order valence-corrected chi connectivity index (χ3v) is 5.87. The molecular formula is C15H15F4N3O4S. The molecule has 0 spiro atoms. The summed E-state index contributed by atoms with van der Waals surface area (Å²) in [5, 5.41) is 3.13. The number of sulfonamides is 1. The minimum absolute atomic E-state index is 0.0202. The van der Waals surface area contributed by atoms with Gasteiger partial charge < -0.3 is 9.26 Å². The largest absolute Gasteiger partial charge is 0.489 e. The Balaban J connectivity index is 1.72. The van der Waals surface area contributed by atoms with Gasteiger partial charge in [0.15, 0.2) is 0 Å². The number of rotatable bonds is 5. The zero-order valence-corrected chi connectivity index (χ0v) is 14.8. The van der Waals surface area contributed by atoms with Crippen LogP contribution < -0.4 is 4.74 Å². The van der Waals surface area contributed by atoms with Gasteiger partial charge in [-0.05, 0) is 25.5 Å². The van der Waals surface area contributed by atoms with Crippen molar-refractivity contribution in [2.75, 3.05) is 18.8 Å². The maximum Gasteiger partial charge on any atom is 0.471 e. The first-order valence-corrected chi connectivity index (χ1v) is 9.56. The summed E-state index contributed by atoms with van der Waals surface area (Å²) in [6.07, 6.45) is -4.82. The smallest absolute Gasteiger partial charge is 0.471 e. The summed E-state index contributed by atoms with van der Waals surface area (Å²) in [5.41, 5.74) is -0.275. The lowest BCUT2D eigenvalue weighted by Gasteiger charge is -2.16. The van der Waals surface area contributed by atoms with Gasteiger partial charge in [0.25, 0.3) is 0 Å². The number of benzene rings is 1. The average molecular weight is 409 g/mol. The van der Waals surface area contributed by atoms with E-state index in [1.165, 1.54) is 16.4 Å². The highest BCUT2D eigenvalue weighted by molar-refractivity contribution is 7.89. The lowest BCUT2D eigenvalue weighted by molar-refractivity contribution is -0.159. The van der Waals surface area contributed by atoms with Gasteiger partial charge in [0.05, 0.1) is 17.9 Å². The summed E-state index contributed by atoms with van der Waals surface area (Å²) in [4.78, 5) is 3.13. The maximum absolute atomic E-state index is 14.2. The van der Waals surface area contributed by atoms with Crippen LogP contribution >= 0.6 is 0 Å². The fourth-order valence-electron chi connectivity index (χ4n) is 2.62. The molecule has 2 aromatic rings. The van der Waals surface area contributed by atoms with Crippen molar-refractivity contribution >= 4 is 10.0 Å². The molecule has 0 unspecified atom stereocenters. The quantitative estimate of drug-likeness (QED) is 0.706. The van der Waals surface area contributed by atoms with Crippen LogP contribution in [0.2, 0.25) is 0 Å². The van der Waals surface area contributed by atoms with Crippen molar-refractivity contribution in [3.63, 3.8) is 0 Å². The van der Waals surface area contributed by atoms with E-state index in [2.05, 4.69) is 14.7 Å². The van der Waals surface area contributed by atoms with E-state index in [0.29, 0.717) is 13.0 Å². The highest BCUT2D eigenvalue weighted by Crippen LogP contribution is 2.31. The predicted molar refractivity (Wildman–Crippen MR) is 84.8 cm³/mol. The van der Waals surface area contributed by atoms with Crippen LogP contribution in [0.1, 0.15) is 19.2 Å². The third kappa shape index (κ3) is 4.21. The van der Waals surface area contributed by atoms with E-state index >= 15 is 0 Å². The van der Waals surface area contributed by atoms with E-state index in [1.54, 1.807) is 6.92 Å². The molecule has 0 bridgehead atoms. The van der Waals surface area contributed by atoms with E-state index in [1.807, 2.05) is 0 Å². The lowest BCUT2D eigenvalue weighted by atomic mass is 10.2. The molecule has 1 aromatic heterocycles. The van der Waals surface area contributed by atoms with Crippen LogP contribution in [-0.2, 0) is 16.2 Å². The van der Waals surface area contributed by atoms with Crippen LogP contribution in [-0.4, -0.2) is 47.8 Å². The van der Waals surface area contributed by atoms with Gasteiger partial charge in [-0.15, -0.1) is 0 Å². The molecule has 0 radical (unpaired) electrons. The number of alkyl halides is 3. The molecule has 1 fully saturated rings. The SMILES string of the molecule is CCS(=O)(=O)N1CC[C@H](Oc2ccc(-c3noc(C(F)(F)F)n3)c(F)c2)C1. The zero-order valence-electron chi connectivity index (χ0n) is 14.0. The molecule has 0 saturated carbocycles. The summed E-state index contributed by atoms with van der Waals surface area (Å²) < 4.78 is 86.4. The monoisotopic (exact) mass is 409 g/mol. The number of hydrogen-bond acceptors (Lipinski definition) is 6. The van der Waals surface area contributed by atoms with Crippen LogP contribution in [0.25, 0.3) is 11.4 Å². The van der Waals surface area contributed by atoms with Crippen molar-refractivity contribution in [3.05, 3.63) is 29.9 Å². The second-order valence-electron chi connectivity index (χ2n) is 5.85. The first-order valence-electron chi connectivity index (χ1n) is 7.95. The topological polar surface area (TPSA) is 85.5 Å². The fraction of sp³-hybridized carbons (Fsp3) is 0.467. The highest BCUT2D eigenvalue weighted by Gasteiger charge is 2.38. The second-order valence-corrected chi connectivity index (χ2v) is 8.11. The van der Waals surface area contributed by atoms with Crippen LogP contribution in [0.15, 0.2) is 22.7 Å². The summed E-state index contributed by atoms with van der Waals surface area (Å²) in [5.74, 6) is -2.89. The highest BCUT2D eigenvalue weighted by atomic mass is 32.2. The summed E-state index contributed by atoms with van der Waals surface area (Å²) >= 11 is 0. The Morgan fingerprint density at radius 2 is 2.11 bits per heavy atom. The normalized spacial score (nSPS) is 18.8. The first kappa shape index (κ1) is 19.5. The number of hydrogen-bond donors (Lipinski definition) is 0. The second kappa shape index (κ2) is 7.08. The van der Waals surface area contributed by atoms with E-state index in [4.69, 9.17) is 4.74 Å². The molecule has 0 N–H and O–H groups in total. The molecule has 12 heteroatoms. The molecular weight excluding hydrogens is 394 g/mol. The Kier molecular flexibility index (Phi) is 5.12. The molecule has 27 heavy (non-hydrogen) atoms. The third-order valence-electron chi connectivity index (χ3n) is 4.02. The minimum atomic E-state index is -4.82. The van der Waals surface area contributed by atoms with Gasteiger partial charge in [0.2, 0.25) is 15.8 Å². The molecule has 0 amide bonds. The van der Waals surface area contributed by atoms with Crippen LogP contribution in [0.4, 0.5) is 17.6 Å². The maximum atomic E-state index is 14.2. The van der Waals surface area contributed by atoms with E-state index < -0.39 is 39.8 Å². The Morgan fingerprint density at radius 3 is 2.70 bits per heavy atom. The molecule has 0 aliphatic carbocycles. The number of ether oxygens (including phenoxy) is 1. The Morgan fingerprint density at radius 1 is 1.37 bits per heavy atom. The average Bonchev–Trinajstić information content (AvgIpc) is 3.24. The van der Waals surface area contributed by atoms with E-state index in [-0.39, 0.29) is 23.6 Å². The van der Waals surface area contributed by atoms with Gasteiger partial charge in [0.1, 0.15) is 17.7 Å².